The molecular weight excluding hydrogens is 340 g/mol. The van der Waals surface area contributed by atoms with E-state index in [0.717, 1.165) is 30.0 Å². The van der Waals surface area contributed by atoms with Gasteiger partial charge in [0.1, 0.15) is 5.75 Å². The molecule has 1 N–H and O–H groups in total. The second kappa shape index (κ2) is 8.13. The minimum Gasteiger partial charge on any atom is -0.497 e. The molecule has 1 saturated heterocycles. The highest BCUT2D eigenvalue weighted by molar-refractivity contribution is 5.95. The monoisotopic (exact) mass is 368 g/mol. The van der Waals surface area contributed by atoms with E-state index in [1.165, 1.54) is 32.1 Å². The Labute approximate surface area is 160 Å². The van der Waals surface area contributed by atoms with E-state index in [0.29, 0.717) is 12.6 Å². The molecule has 144 valence electrons. The second-order valence-electron chi connectivity index (χ2n) is 7.60. The average Bonchev–Trinajstić information content (AvgIpc) is 3.08. The van der Waals surface area contributed by atoms with Gasteiger partial charge in [0.05, 0.1) is 31.6 Å². The third-order valence-electron chi connectivity index (χ3n) is 5.79. The molecule has 2 aromatic rings. The van der Waals surface area contributed by atoms with Crippen LogP contribution >= 0.6 is 0 Å². The van der Waals surface area contributed by atoms with E-state index >= 15 is 0 Å². The van der Waals surface area contributed by atoms with Crippen LogP contribution in [0.2, 0.25) is 0 Å². The number of methoxy groups -OCH3 is 1. The van der Waals surface area contributed by atoms with E-state index in [4.69, 9.17) is 4.74 Å². The van der Waals surface area contributed by atoms with E-state index in [1.54, 1.807) is 13.3 Å². The van der Waals surface area contributed by atoms with Gasteiger partial charge in [0.15, 0.2) is 0 Å². The molecule has 0 spiro atoms. The Morgan fingerprint density at radius 2 is 2.11 bits per heavy atom. The minimum absolute atomic E-state index is 0.0230. The molecule has 1 aliphatic heterocycles. The number of aromatic nitrogens is 2. The lowest BCUT2D eigenvalue weighted by Gasteiger charge is -2.46. The lowest BCUT2D eigenvalue weighted by molar-refractivity contribution is -0.127. The number of hydrogen-bond donors (Lipinski definition) is 1. The molecule has 2 heterocycles. The standard InChI is InChI=1S/C21H28N4O2/c1-27-19-9-5-6-16(12-19)14-24-15-17(13-22-24)23-21(26)20-10-11-25(20)18-7-3-2-4-8-18/h5-6,9,12-13,15,18,20H,2-4,7-8,10-11,14H2,1H3,(H,23,26). The molecule has 1 aromatic heterocycles. The summed E-state index contributed by atoms with van der Waals surface area (Å²) >= 11 is 0. The first kappa shape index (κ1) is 18.0. The van der Waals surface area contributed by atoms with Crippen molar-refractivity contribution in [3.63, 3.8) is 0 Å². The van der Waals surface area contributed by atoms with Crippen LogP contribution in [0.1, 0.15) is 44.1 Å². The van der Waals surface area contributed by atoms with E-state index in [-0.39, 0.29) is 11.9 Å². The lowest BCUT2D eigenvalue weighted by atomic mass is 9.89. The molecule has 6 nitrogen and oxygen atoms in total. The average molecular weight is 368 g/mol. The van der Waals surface area contributed by atoms with Gasteiger partial charge in [-0.05, 0) is 37.0 Å². The molecule has 1 amide bonds. The van der Waals surface area contributed by atoms with Gasteiger partial charge in [-0.15, -0.1) is 0 Å². The highest BCUT2D eigenvalue weighted by Gasteiger charge is 2.38. The molecule has 1 atom stereocenters. The van der Waals surface area contributed by atoms with Gasteiger partial charge in [-0.3, -0.25) is 14.4 Å². The number of anilines is 1. The van der Waals surface area contributed by atoms with Gasteiger partial charge in [-0.2, -0.15) is 5.10 Å². The van der Waals surface area contributed by atoms with Gasteiger partial charge in [-0.25, -0.2) is 0 Å². The Balaban J connectivity index is 1.34. The quantitative estimate of drug-likeness (QED) is 0.850. The molecular formula is C21H28N4O2. The van der Waals surface area contributed by atoms with E-state index in [9.17, 15) is 4.79 Å². The largest absolute Gasteiger partial charge is 0.497 e. The van der Waals surface area contributed by atoms with Crippen LogP contribution in [0.5, 0.6) is 5.75 Å². The fourth-order valence-corrected chi connectivity index (χ4v) is 4.24. The van der Waals surface area contributed by atoms with Gasteiger partial charge in [0.2, 0.25) is 5.91 Å². The van der Waals surface area contributed by atoms with Crippen molar-refractivity contribution in [1.82, 2.24) is 14.7 Å². The lowest BCUT2D eigenvalue weighted by Crippen LogP contribution is -2.58. The predicted molar refractivity (Wildman–Crippen MR) is 105 cm³/mol. The molecule has 0 radical (unpaired) electrons. The number of nitrogens with zero attached hydrogens (tertiary/aromatic N) is 3. The first-order valence-electron chi connectivity index (χ1n) is 9.95. The predicted octanol–water partition coefficient (Wildman–Crippen LogP) is 3.29. The van der Waals surface area contributed by atoms with E-state index in [1.807, 2.05) is 35.1 Å². The molecule has 2 fully saturated rings. The third-order valence-corrected chi connectivity index (χ3v) is 5.79. The van der Waals surface area contributed by atoms with Gasteiger partial charge >= 0.3 is 0 Å². The van der Waals surface area contributed by atoms with Crippen molar-refractivity contribution in [2.75, 3.05) is 19.0 Å². The number of amides is 1. The first-order valence-corrected chi connectivity index (χ1v) is 9.95. The summed E-state index contributed by atoms with van der Waals surface area (Å²) in [5.41, 5.74) is 1.87. The van der Waals surface area contributed by atoms with Crippen molar-refractivity contribution >= 4 is 11.6 Å². The Bertz CT molecular complexity index is 782. The summed E-state index contributed by atoms with van der Waals surface area (Å²) in [4.78, 5) is 15.1. The van der Waals surface area contributed by atoms with Crippen LogP contribution in [-0.2, 0) is 11.3 Å². The summed E-state index contributed by atoms with van der Waals surface area (Å²) in [5, 5.41) is 7.43. The van der Waals surface area contributed by atoms with Gasteiger partial charge in [0, 0.05) is 18.8 Å². The van der Waals surface area contributed by atoms with Crippen LogP contribution in [-0.4, -0.2) is 46.3 Å². The Morgan fingerprint density at radius 1 is 1.26 bits per heavy atom. The maximum absolute atomic E-state index is 12.7. The minimum atomic E-state index is 0.0230. The summed E-state index contributed by atoms with van der Waals surface area (Å²) < 4.78 is 7.10. The Hall–Kier alpha value is -2.34. The number of carbonyl (C=O) groups is 1. The van der Waals surface area contributed by atoms with Gasteiger partial charge < -0.3 is 10.1 Å². The summed E-state index contributed by atoms with van der Waals surface area (Å²) in [6, 6.07) is 8.55. The van der Waals surface area contributed by atoms with Crippen molar-refractivity contribution in [2.24, 2.45) is 0 Å². The Morgan fingerprint density at radius 3 is 2.85 bits per heavy atom. The van der Waals surface area contributed by atoms with E-state index in [2.05, 4.69) is 15.3 Å². The second-order valence-corrected chi connectivity index (χ2v) is 7.60. The zero-order valence-corrected chi connectivity index (χ0v) is 15.9. The molecule has 1 unspecified atom stereocenters. The number of rotatable bonds is 6. The normalized spacial score (nSPS) is 20.9. The molecule has 2 aliphatic rings. The summed E-state index contributed by atoms with van der Waals surface area (Å²) in [5.74, 6) is 0.939. The van der Waals surface area contributed by atoms with Crippen LogP contribution < -0.4 is 10.1 Å². The van der Waals surface area contributed by atoms with Gasteiger partial charge in [0.25, 0.3) is 0 Å². The molecule has 6 heteroatoms. The van der Waals surface area contributed by atoms with Crippen LogP contribution in [0.3, 0.4) is 0 Å². The SMILES string of the molecule is COc1cccc(Cn2cc(NC(=O)C3CCN3C3CCCCC3)cn2)c1. The zero-order chi connectivity index (χ0) is 18.6. The maximum Gasteiger partial charge on any atom is 0.241 e. The zero-order valence-electron chi connectivity index (χ0n) is 15.9. The first-order chi connectivity index (χ1) is 13.2. The van der Waals surface area contributed by atoms with Crippen LogP contribution in [0.25, 0.3) is 0 Å². The number of likely N-dealkylation sites (tertiary alicyclic amines) is 1. The van der Waals surface area contributed by atoms with Crippen LogP contribution in [0.4, 0.5) is 5.69 Å². The maximum atomic E-state index is 12.7. The molecule has 27 heavy (non-hydrogen) atoms. The molecule has 1 aromatic carbocycles. The van der Waals surface area contributed by atoms with Crippen molar-refractivity contribution < 1.29 is 9.53 Å². The van der Waals surface area contributed by atoms with Crippen LogP contribution in [0.15, 0.2) is 36.7 Å². The topological polar surface area (TPSA) is 59.4 Å². The summed E-state index contributed by atoms with van der Waals surface area (Å²) in [6.45, 7) is 1.70. The molecule has 1 aliphatic carbocycles. The number of carbonyl (C=O) groups excluding carboxylic acids is 1. The number of nitrogens with one attached hydrogen (secondary N) is 1. The number of benzene rings is 1. The third kappa shape index (κ3) is 4.16. The number of ether oxygens (including phenoxy) is 1. The van der Waals surface area contributed by atoms with Crippen molar-refractivity contribution in [1.29, 1.82) is 0 Å². The van der Waals surface area contributed by atoms with Crippen molar-refractivity contribution in [3.8, 4) is 5.75 Å². The van der Waals surface area contributed by atoms with Gasteiger partial charge in [-0.1, -0.05) is 31.4 Å². The highest BCUT2D eigenvalue weighted by Crippen LogP contribution is 2.30. The fourth-order valence-electron chi connectivity index (χ4n) is 4.24. The summed E-state index contributed by atoms with van der Waals surface area (Å²) in [7, 11) is 1.66. The van der Waals surface area contributed by atoms with E-state index < -0.39 is 0 Å². The Kier molecular flexibility index (Phi) is 5.43. The fraction of sp³-hybridized carbons (Fsp3) is 0.524. The summed E-state index contributed by atoms with van der Waals surface area (Å²) in [6.07, 6.45) is 11.0. The van der Waals surface area contributed by atoms with Crippen molar-refractivity contribution in [3.05, 3.63) is 42.2 Å². The highest BCUT2D eigenvalue weighted by atomic mass is 16.5. The molecule has 1 saturated carbocycles. The molecule has 4 rings (SSSR count). The molecule has 0 bridgehead atoms. The van der Waals surface area contributed by atoms with Crippen molar-refractivity contribution in [2.45, 2.75) is 57.2 Å². The number of hydrogen-bond acceptors (Lipinski definition) is 4. The smallest absolute Gasteiger partial charge is 0.241 e. The van der Waals surface area contributed by atoms with Crippen LogP contribution in [0, 0.1) is 0 Å².